The Kier molecular flexibility index (Phi) is 3.61. The summed E-state index contributed by atoms with van der Waals surface area (Å²) in [5.74, 6) is -0.806. The summed E-state index contributed by atoms with van der Waals surface area (Å²) in [6.07, 6.45) is 1.60. The third kappa shape index (κ3) is 2.98. The van der Waals surface area contributed by atoms with E-state index in [1.54, 1.807) is 24.4 Å². The number of carbonyl (C=O) groups excluding carboxylic acids is 1. The molecule has 2 aromatic rings. The van der Waals surface area contributed by atoms with Crippen LogP contribution in [0.4, 0.5) is 5.82 Å². The number of aromatic carboxylic acids is 1. The van der Waals surface area contributed by atoms with Crippen LogP contribution in [-0.2, 0) is 11.2 Å². The highest BCUT2D eigenvalue weighted by Gasteiger charge is 2.13. The third-order valence-electron chi connectivity index (χ3n) is 2.69. The summed E-state index contributed by atoms with van der Waals surface area (Å²) < 4.78 is 0. The topological polar surface area (TPSA) is 95.1 Å². The Hall–Kier alpha value is -2.63. The Morgan fingerprint density at radius 3 is 2.74 bits per heavy atom. The second-order valence-corrected chi connectivity index (χ2v) is 4.12. The third-order valence-corrected chi connectivity index (χ3v) is 2.69. The molecule has 0 aliphatic heterocycles. The molecule has 0 aliphatic rings. The maximum atomic E-state index is 11.9. The minimum absolute atomic E-state index is 0.000926. The number of aromatic amines is 1. The Balaban J connectivity index is 2.11. The highest BCUT2D eigenvalue weighted by atomic mass is 16.4. The quantitative estimate of drug-likeness (QED) is 0.777. The number of carboxylic acid groups (broad SMARTS) is 1. The fourth-order valence-corrected chi connectivity index (χ4v) is 1.71. The van der Waals surface area contributed by atoms with Gasteiger partial charge < -0.3 is 10.4 Å². The number of anilines is 1. The van der Waals surface area contributed by atoms with Gasteiger partial charge in [-0.3, -0.25) is 9.89 Å². The number of rotatable bonds is 4. The van der Waals surface area contributed by atoms with Crippen molar-refractivity contribution in [3.63, 3.8) is 0 Å². The molecule has 1 aromatic heterocycles. The Morgan fingerprint density at radius 2 is 2.11 bits per heavy atom. The Morgan fingerprint density at radius 1 is 1.37 bits per heavy atom. The van der Waals surface area contributed by atoms with Gasteiger partial charge in [-0.05, 0) is 18.6 Å². The number of nitrogens with one attached hydrogen (secondary N) is 2. The normalized spacial score (nSPS) is 10.2. The fraction of sp³-hybridized carbons (Fsp3) is 0.154. The second-order valence-electron chi connectivity index (χ2n) is 4.12. The van der Waals surface area contributed by atoms with E-state index in [-0.39, 0.29) is 17.9 Å². The molecule has 0 aliphatic carbocycles. The first kappa shape index (κ1) is 12.8. The second kappa shape index (κ2) is 5.34. The predicted molar refractivity (Wildman–Crippen MR) is 69.1 cm³/mol. The van der Waals surface area contributed by atoms with Crippen molar-refractivity contribution in [3.8, 4) is 0 Å². The van der Waals surface area contributed by atoms with Gasteiger partial charge in [0.05, 0.1) is 18.2 Å². The van der Waals surface area contributed by atoms with Gasteiger partial charge in [-0.1, -0.05) is 18.2 Å². The van der Waals surface area contributed by atoms with Crippen molar-refractivity contribution in [3.05, 3.63) is 47.2 Å². The molecular weight excluding hydrogens is 246 g/mol. The van der Waals surface area contributed by atoms with E-state index in [1.165, 1.54) is 6.07 Å². The molecule has 19 heavy (non-hydrogen) atoms. The number of hydrogen-bond acceptors (Lipinski definition) is 3. The number of carbonyl (C=O) groups is 2. The summed E-state index contributed by atoms with van der Waals surface area (Å²) in [5, 5.41) is 18.1. The summed E-state index contributed by atoms with van der Waals surface area (Å²) in [5.41, 5.74) is 1.43. The number of aromatic nitrogens is 2. The van der Waals surface area contributed by atoms with Crippen LogP contribution >= 0.6 is 0 Å². The first-order valence-corrected chi connectivity index (χ1v) is 5.69. The molecule has 1 amide bonds. The van der Waals surface area contributed by atoms with E-state index in [9.17, 15) is 9.59 Å². The van der Waals surface area contributed by atoms with E-state index in [0.717, 1.165) is 5.56 Å². The van der Waals surface area contributed by atoms with E-state index >= 15 is 0 Å². The lowest BCUT2D eigenvalue weighted by atomic mass is 10.0. The lowest BCUT2D eigenvalue weighted by Crippen LogP contribution is -2.17. The molecule has 0 saturated heterocycles. The number of hydrogen-bond donors (Lipinski definition) is 3. The number of aryl methyl sites for hydroxylation is 1. The average molecular weight is 259 g/mol. The summed E-state index contributed by atoms with van der Waals surface area (Å²) in [6, 6.07) is 6.44. The van der Waals surface area contributed by atoms with Crippen LogP contribution in [0, 0.1) is 6.92 Å². The lowest BCUT2D eigenvalue weighted by Gasteiger charge is -2.06. The molecular formula is C13H13N3O3. The number of H-pyrrole nitrogens is 1. The van der Waals surface area contributed by atoms with Crippen LogP contribution in [0.15, 0.2) is 30.5 Å². The smallest absolute Gasteiger partial charge is 0.335 e. The van der Waals surface area contributed by atoms with Crippen LogP contribution in [0.25, 0.3) is 0 Å². The van der Waals surface area contributed by atoms with Crippen molar-refractivity contribution >= 4 is 17.7 Å². The number of benzene rings is 1. The zero-order chi connectivity index (χ0) is 13.8. The van der Waals surface area contributed by atoms with Crippen LogP contribution in [0.5, 0.6) is 0 Å². The summed E-state index contributed by atoms with van der Waals surface area (Å²) in [7, 11) is 0. The van der Waals surface area contributed by atoms with Gasteiger partial charge in [-0.2, -0.15) is 5.10 Å². The zero-order valence-corrected chi connectivity index (χ0v) is 10.3. The van der Waals surface area contributed by atoms with Gasteiger partial charge in [-0.15, -0.1) is 0 Å². The van der Waals surface area contributed by atoms with Crippen LogP contribution in [0.1, 0.15) is 21.5 Å². The van der Waals surface area contributed by atoms with Crippen molar-refractivity contribution in [1.82, 2.24) is 10.2 Å². The van der Waals surface area contributed by atoms with Crippen LogP contribution in [-0.4, -0.2) is 27.2 Å². The predicted octanol–water partition coefficient (Wildman–Crippen LogP) is 1.60. The van der Waals surface area contributed by atoms with Gasteiger partial charge >= 0.3 is 5.97 Å². The Bertz CT molecular complexity index is 619. The molecule has 1 heterocycles. The first-order valence-electron chi connectivity index (χ1n) is 5.69. The van der Waals surface area contributed by atoms with Crippen molar-refractivity contribution in [2.45, 2.75) is 13.3 Å². The molecule has 0 saturated carbocycles. The Labute approximate surface area is 109 Å². The number of amides is 1. The first-order chi connectivity index (χ1) is 9.08. The molecule has 0 unspecified atom stereocenters. The van der Waals surface area contributed by atoms with Crippen molar-refractivity contribution in [2.75, 3.05) is 5.32 Å². The molecule has 2 rings (SSSR count). The number of carboxylic acids is 1. The lowest BCUT2D eigenvalue weighted by molar-refractivity contribution is -0.115. The monoisotopic (exact) mass is 259 g/mol. The summed E-state index contributed by atoms with van der Waals surface area (Å²) in [6.45, 7) is 1.81. The van der Waals surface area contributed by atoms with Crippen LogP contribution in [0.3, 0.4) is 0 Å². The van der Waals surface area contributed by atoms with Gasteiger partial charge in [0.25, 0.3) is 0 Å². The van der Waals surface area contributed by atoms with Crippen molar-refractivity contribution < 1.29 is 14.7 Å². The van der Waals surface area contributed by atoms with Gasteiger partial charge in [0.1, 0.15) is 5.82 Å². The summed E-state index contributed by atoms with van der Waals surface area (Å²) in [4.78, 5) is 22.9. The van der Waals surface area contributed by atoms with Gasteiger partial charge in [0, 0.05) is 5.56 Å². The molecule has 0 radical (unpaired) electrons. The highest BCUT2D eigenvalue weighted by Crippen LogP contribution is 2.12. The minimum atomic E-state index is -1.04. The van der Waals surface area contributed by atoms with Gasteiger partial charge in [0.2, 0.25) is 5.91 Å². The standard InChI is InChI=1S/C13H13N3O3/c1-8-7-14-16-12(8)15-11(17)6-9-4-2-3-5-10(9)13(18)19/h2-5,7H,6H2,1H3,(H,18,19)(H2,14,15,16,17). The highest BCUT2D eigenvalue weighted by molar-refractivity contribution is 5.95. The zero-order valence-electron chi connectivity index (χ0n) is 10.3. The molecule has 3 N–H and O–H groups in total. The SMILES string of the molecule is Cc1cn[nH]c1NC(=O)Cc1ccccc1C(=O)O. The van der Waals surface area contributed by atoms with Crippen molar-refractivity contribution in [1.29, 1.82) is 0 Å². The molecule has 0 spiro atoms. The minimum Gasteiger partial charge on any atom is -0.478 e. The molecule has 0 atom stereocenters. The van der Waals surface area contributed by atoms with E-state index in [2.05, 4.69) is 15.5 Å². The van der Waals surface area contributed by atoms with Crippen LogP contribution in [0.2, 0.25) is 0 Å². The number of nitrogens with zero attached hydrogens (tertiary/aromatic N) is 1. The van der Waals surface area contributed by atoms with E-state index in [0.29, 0.717) is 11.4 Å². The molecule has 6 nitrogen and oxygen atoms in total. The van der Waals surface area contributed by atoms with E-state index in [4.69, 9.17) is 5.11 Å². The fourth-order valence-electron chi connectivity index (χ4n) is 1.71. The van der Waals surface area contributed by atoms with Gasteiger partial charge in [-0.25, -0.2) is 4.79 Å². The molecule has 6 heteroatoms. The molecule has 0 fully saturated rings. The molecule has 98 valence electrons. The largest absolute Gasteiger partial charge is 0.478 e. The van der Waals surface area contributed by atoms with Crippen molar-refractivity contribution in [2.24, 2.45) is 0 Å². The van der Waals surface area contributed by atoms with E-state index < -0.39 is 5.97 Å². The molecule has 1 aromatic carbocycles. The maximum absolute atomic E-state index is 11.9. The van der Waals surface area contributed by atoms with Crippen LogP contribution < -0.4 is 5.32 Å². The van der Waals surface area contributed by atoms with E-state index in [1.807, 2.05) is 6.92 Å². The summed E-state index contributed by atoms with van der Waals surface area (Å²) >= 11 is 0. The average Bonchev–Trinajstić information content (AvgIpc) is 2.75. The molecule has 0 bridgehead atoms. The van der Waals surface area contributed by atoms with Gasteiger partial charge in [0.15, 0.2) is 0 Å². The maximum Gasteiger partial charge on any atom is 0.335 e.